The van der Waals surface area contributed by atoms with Crippen molar-refractivity contribution >= 4 is 5.82 Å². The maximum absolute atomic E-state index is 9.17. The Morgan fingerprint density at radius 2 is 2.32 bits per heavy atom. The quantitative estimate of drug-likeness (QED) is 0.898. The molecule has 1 aliphatic carbocycles. The van der Waals surface area contributed by atoms with Crippen LogP contribution in [0.3, 0.4) is 0 Å². The summed E-state index contributed by atoms with van der Waals surface area (Å²) in [5.74, 6) is 1.69. The molecule has 0 saturated carbocycles. The van der Waals surface area contributed by atoms with Crippen molar-refractivity contribution in [3.8, 4) is 6.07 Å². The summed E-state index contributed by atoms with van der Waals surface area (Å²) >= 11 is 0. The van der Waals surface area contributed by atoms with Crippen molar-refractivity contribution < 1.29 is 4.52 Å². The van der Waals surface area contributed by atoms with Gasteiger partial charge in [-0.3, -0.25) is 0 Å². The Labute approximate surface area is 110 Å². The molecule has 96 valence electrons. The lowest BCUT2D eigenvalue weighted by Crippen LogP contribution is -2.06. The van der Waals surface area contributed by atoms with Gasteiger partial charge in [-0.15, -0.1) is 0 Å². The molecule has 2 aromatic heterocycles. The predicted octanol–water partition coefficient (Wildman–Crippen LogP) is 1.75. The monoisotopic (exact) mass is 255 g/mol. The highest BCUT2D eigenvalue weighted by molar-refractivity contribution is 5.55. The number of aromatic nitrogens is 3. The summed E-state index contributed by atoms with van der Waals surface area (Å²) < 4.78 is 4.90. The molecule has 2 heterocycles. The standard InChI is InChI=1S/C13H13N5O/c1-8-16-12(18-19-8)7-15-13-10(6-14)5-9-3-2-4-11(9)17-13/h5H,2-4,7H2,1H3,(H,15,17). The Bertz CT molecular complexity index is 656. The molecule has 1 aliphatic rings. The van der Waals surface area contributed by atoms with Gasteiger partial charge in [0.15, 0.2) is 5.82 Å². The number of pyridine rings is 1. The zero-order chi connectivity index (χ0) is 13.2. The second kappa shape index (κ2) is 4.69. The zero-order valence-corrected chi connectivity index (χ0v) is 10.6. The van der Waals surface area contributed by atoms with Gasteiger partial charge >= 0.3 is 0 Å². The minimum atomic E-state index is 0.401. The molecule has 3 rings (SSSR count). The average Bonchev–Trinajstić information content (AvgIpc) is 3.03. The topological polar surface area (TPSA) is 87.6 Å². The summed E-state index contributed by atoms with van der Waals surface area (Å²) in [6.45, 7) is 2.14. The lowest BCUT2D eigenvalue weighted by atomic mass is 10.1. The van der Waals surface area contributed by atoms with E-state index in [1.54, 1.807) is 6.92 Å². The fourth-order valence-electron chi connectivity index (χ4n) is 2.27. The van der Waals surface area contributed by atoms with Gasteiger partial charge in [0, 0.05) is 12.6 Å². The van der Waals surface area contributed by atoms with Crippen LogP contribution in [0.1, 0.15) is 35.0 Å². The molecule has 0 radical (unpaired) electrons. The van der Waals surface area contributed by atoms with Crippen LogP contribution in [-0.2, 0) is 19.4 Å². The molecular weight excluding hydrogens is 242 g/mol. The lowest BCUT2D eigenvalue weighted by Gasteiger charge is -2.07. The highest BCUT2D eigenvalue weighted by atomic mass is 16.5. The molecule has 0 saturated heterocycles. The summed E-state index contributed by atoms with van der Waals surface area (Å²) in [6.07, 6.45) is 3.11. The van der Waals surface area contributed by atoms with Crippen LogP contribution in [0.15, 0.2) is 10.6 Å². The fourth-order valence-corrected chi connectivity index (χ4v) is 2.27. The number of hydrogen-bond donors (Lipinski definition) is 1. The molecule has 1 N–H and O–H groups in total. The van der Waals surface area contributed by atoms with Crippen molar-refractivity contribution in [2.45, 2.75) is 32.7 Å². The van der Waals surface area contributed by atoms with Crippen LogP contribution in [0.2, 0.25) is 0 Å². The molecule has 0 spiro atoms. The van der Waals surface area contributed by atoms with Crippen LogP contribution >= 0.6 is 0 Å². The van der Waals surface area contributed by atoms with Gasteiger partial charge in [0.1, 0.15) is 11.9 Å². The number of nitrogens with zero attached hydrogens (tertiary/aromatic N) is 4. The zero-order valence-electron chi connectivity index (χ0n) is 10.6. The number of hydrogen-bond acceptors (Lipinski definition) is 6. The molecule has 0 fully saturated rings. The van der Waals surface area contributed by atoms with E-state index in [9.17, 15) is 5.26 Å². The molecule has 0 bridgehead atoms. The second-order valence-electron chi connectivity index (χ2n) is 4.54. The molecule has 0 aliphatic heterocycles. The van der Waals surface area contributed by atoms with Crippen LogP contribution < -0.4 is 5.32 Å². The molecule has 0 aromatic carbocycles. The highest BCUT2D eigenvalue weighted by Crippen LogP contribution is 2.25. The van der Waals surface area contributed by atoms with Gasteiger partial charge in [0.05, 0.1) is 12.1 Å². The van der Waals surface area contributed by atoms with Gasteiger partial charge in [-0.2, -0.15) is 10.2 Å². The second-order valence-corrected chi connectivity index (χ2v) is 4.54. The van der Waals surface area contributed by atoms with Crippen molar-refractivity contribution in [1.82, 2.24) is 15.1 Å². The molecule has 0 unspecified atom stereocenters. The van der Waals surface area contributed by atoms with Crippen molar-refractivity contribution in [2.75, 3.05) is 5.32 Å². The number of fused-ring (bicyclic) bond motifs is 1. The Morgan fingerprint density at radius 1 is 1.42 bits per heavy atom. The fraction of sp³-hybridized carbons (Fsp3) is 0.385. The first-order chi connectivity index (χ1) is 9.26. The van der Waals surface area contributed by atoms with Gasteiger partial charge < -0.3 is 9.84 Å². The SMILES string of the molecule is Cc1nc(CNc2nc3c(cc2C#N)CCC3)no1. The Balaban J connectivity index is 1.82. The predicted molar refractivity (Wildman–Crippen MR) is 67.3 cm³/mol. The maximum atomic E-state index is 9.17. The third-order valence-electron chi connectivity index (χ3n) is 3.15. The minimum Gasteiger partial charge on any atom is -0.362 e. The van der Waals surface area contributed by atoms with Crippen LogP contribution in [0.5, 0.6) is 0 Å². The van der Waals surface area contributed by atoms with Gasteiger partial charge in [0.2, 0.25) is 5.89 Å². The molecule has 6 nitrogen and oxygen atoms in total. The molecule has 0 atom stereocenters. The number of aryl methyl sites for hydroxylation is 3. The van der Waals surface area contributed by atoms with E-state index in [1.165, 1.54) is 5.56 Å². The van der Waals surface area contributed by atoms with Crippen LogP contribution in [0, 0.1) is 18.3 Å². The van der Waals surface area contributed by atoms with E-state index in [0.29, 0.717) is 29.6 Å². The van der Waals surface area contributed by atoms with Crippen LogP contribution in [0.4, 0.5) is 5.82 Å². The Hall–Kier alpha value is -2.42. The van der Waals surface area contributed by atoms with E-state index in [2.05, 4.69) is 26.5 Å². The van der Waals surface area contributed by atoms with E-state index < -0.39 is 0 Å². The van der Waals surface area contributed by atoms with Gasteiger partial charge in [0.25, 0.3) is 0 Å². The normalized spacial score (nSPS) is 13.1. The van der Waals surface area contributed by atoms with Crippen molar-refractivity contribution in [2.24, 2.45) is 0 Å². The smallest absolute Gasteiger partial charge is 0.223 e. The number of anilines is 1. The van der Waals surface area contributed by atoms with Gasteiger partial charge in [-0.05, 0) is 30.9 Å². The van der Waals surface area contributed by atoms with Crippen LogP contribution in [0.25, 0.3) is 0 Å². The molecule has 19 heavy (non-hydrogen) atoms. The molecule has 2 aromatic rings. The van der Waals surface area contributed by atoms with Crippen LogP contribution in [-0.4, -0.2) is 15.1 Å². The maximum Gasteiger partial charge on any atom is 0.223 e. The molecular formula is C13H13N5O. The van der Waals surface area contributed by atoms with E-state index >= 15 is 0 Å². The van der Waals surface area contributed by atoms with E-state index in [0.717, 1.165) is 25.0 Å². The van der Waals surface area contributed by atoms with E-state index in [4.69, 9.17) is 4.52 Å². The average molecular weight is 255 g/mol. The lowest BCUT2D eigenvalue weighted by molar-refractivity contribution is 0.388. The summed E-state index contributed by atoms with van der Waals surface area (Å²) in [7, 11) is 0. The van der Waals surface area contributed by atoms with E-state index in [1.807, 2.05) is 6.07 Å². The Kier molecular flexibility index (Phi) is 2.88. The third kappa shape index (κ3) is 2.27. The van der Waals surface area contributed by atoms with Gasteiger partial charge in [-0.25, -0.2) is 4.98 Å². The summed E-state index contributed by atoms with van der Waals surface area (Å²) in [5.41, 5.74) is 2.85. The van der Waals surface area contributed by atoms with E-state index in [-0.39, 0.29) is 0 Å². The van der Waals surface area contributed by atoms with Crippen molar-refractivity contribution in [1.29, 1.82) is 5.26 Å². The number of nitrogens with one attached hydrogen (secondary N) is 1. The number of nitriles is 1. The Morgan fingerprint density at radius 3 is 3.05 bits per heavy atom. The summed E-state index contributed by atoms with van der Waals surface area (Å²) in [6, 6.07) is 4.11. The highest BCUT2D eigenvalue weighted by Gasteiger charge is 2.16. The first kappa shape index (κ1) is 11.7. The summed E-state index contributed by atoms with van der Waals surface area (Å²) in [5, 5.41) is 16.1. The number of rotatable bonds is 3. The first-order valence-corrected chi connectivity index (χ1v) is 6.22. The third-order valence-corrected chi connectivity index (χ3v) is 3.15. The van der Waals surface area contributed by atoms with Crippen molar-refractivity contribution in [3.63, 3.8) is 0 Å². The minimum absolute atomic E-state index is 0.401. The first-order valence-electron chi connectivity index (χ1n) is 6.22. The van der Waals surface area contributed by atoms with Crippen molar-refractivity contribution in [3.05, 3.63) is 34.6 Å². The van der Waals surface area contributed by atoms with Gasteiger partial charge in [-0.1, -0.05) is 5.16 Å². The largest absolute Gasteiger partial charge is 0.362 e. The molecule has 6 heteroatoms. The molecule has 0 amide bonds. The summed E-state index contributed by atoms with van der Waals surface area (Å²) in [4.78, 5) is 8.63.